The number of rotatable bonds is 6. The summed E-state index contributed by atoms with van der Waals surface area (Å²) in [6.07, 6.45) is 3.12. The van der Waals surface area contributed by atoms with Crippen LogP contribution in [-0.2, 0) is 20.7 Å². The highest BCUT2D eigenvalue weighted by atomic mass is 16.7. The van der Waals surface area contributed by atoms with Gasteiger partial charge in [-0.05, 0) is 51.7 Å². The number of H-pyrrole nitrogens is 1. The van der Waals surface area contributed by atoms with Gasteiger partial charge in [-0.3, -0.25) is 0 Å². The number of nitrogens with one attached hydrogen (secondary N) is 2. The average Bonchev–Trinajstić information content (AvgIpc) is 3.17. The summed E-state index contributed by atoms with van der Waals surface area (Å²) >= 11 is 0. The van der Waals surface area contributed by atoms with Gasteiger partial charge in [0.2, 0.25) is 0 Å². The lowest BCUT2D eigenvalue weighted by Gasteiger charge is -2.32. The SMILES string of the molecule is Cc1ncc(C=C(CNC(=O)OCc2ccccc2)B2OC(C)(C)C(C)(C)O2)[nH]1. The molecule has 7 nitrogen and oxygen atoms in total. The summed E-state index contributed by atoms with van der Waals surface area (Å²) in [5, 5.41) is 2.79. The molecule has 0 atom stereocenters. The second kappa shape index (κ2) is 8.43. The van der Waals surface area contributed by atoms with Crippen LogP contribution in [0.4, 0.5) is 4.79 Å². The summed E-state index contributed by atoms with van der Waals surface area (Å²) in [5.74, 6) is 0.805. The van der Waals surface area contributed by atoms with Crippen LogP contribution in [-0.4, -0.2) is 40.9 Å². The van der Waals surface area contributed by atoms with Gasteiger partial charge < -0.3 is 24.3 Å². The van der Waals surface area contributed by atoms with E-state index in [2.05, 4.69) is 15.3 Å². The summed E-state index contributed by atoms with van der Waals surface area (Å²) in [7, 11) is -0.585. The minimum absolute atomic E-state index is 0.210. The van der Waals surface area contributed by atoms with Crippen LogP contribution in [0.25, 0.3) is 6.08 Å². The van der Waals surface area contributed by atoms with Crippen molar-refractivity contribution >= 4 is 19.3 Å². The number of carbonyl (C=O) groups excluding carboxylic acids is 1. The van der Waals surface area contributed by atoms with Crippen LogP contribution < -0.4 is 5.32 Å². The number of amides is 1. The zero-order chi connectivity index (χ0) is 21.1. The Labute approximate surface area is 172 Å². The van der Waals surface area contributed by atoms with E-state index in [-0.39, 0.29) is 13.2 Å². The summed E-state index contributed by atoms with van der Waals surface area (Å²) in [4.78, 5) is 19.6. The summed E-state index contributed by atoms with van der Waals surface area (Å²) in [6, 6.07) is 9.54. The molecule has 0 bridgehead atoms. The van der Waals surface area contributed by atoms with Gasteiger partial charge in [0.25, 0.3) is 0 Å². The fourth-order valence-electron chi connectivity index (χ4n) is 2.86. The smallest absolute Gasteiger partial charge is 0.445 e. The highest BCUT2D eigenvalue weighted by molar-refractivity contribution is 6.56. The van der Waals surface area contributed by atoms with Crippen molar-refractivity contribution in [3.8, 4) is 0 Å². The lowest BCUT2D eigenvalue weighted by molar-refractivity contribution is 0.00578. The number of carbonyl (C=O) groups is 1. The molecule has 1 saturated heterocycles. The first-order chi connectivity index (χ1) is 13.7. The molecule has 1 amide bonds. The van der Waals surface area contributed by atoms with Crippen molar-refractivity contribution < 1.29 is 18.8 Å². The molecule has 0 radical (unpaired) electrons. The number of imidazole rings is 1. The number of hydrogen-bond acceptors (Lipinski definition) is 5. The van der Waals surface area contributed by atoms with Crippen molar-refractivity contribution in [2.24, 2.45) is 0 Å². The Bertz CT molecular complexity index is 861. The number of aromatic nitrogens is 2. The molecule has 1 aromatic carbocycles. The van der Waals surface area contributed by atoms with E-state index in [1.165, 1.54) is 0 Å². The van der Waals surface area contributed by atoms with Gasteiger partial charge in [0.15, 0.2) is 0 Å². The third-order valence-corrected chi connectivity index (χ3v) is 5.27. The monoisotopic (exact) mass is 397 g/mol. The number of hydrogen-bond donors (Lipinski definition) is 2. The van der Waals surface area contributed by atoms with Crippen LogP contribution in [0.2, 0.25) is 0 Å². The molecule has 1 aliphatic heterocycles. The third kappa shape index (κ3) is 5.28. The Hall–Kier alpha value is -2.58. The number of aromatic amines is 1. The van der Waals surface area contributed by atoms with Gasteiger partial charge in [-0.2, -0.15) is 0 Å². The highest BCUT2D eigenvalue weighted by Gasteiger charge is 2.52. The molecule has 3 rings (SSSR count). The molecule has 0 spiro atoms. The second-order valence-corrected chi connectivity index (χ2v) is 8.15. The average molecular weight is 397 g/mol. The predicted molar refractivity (Wildman–Crippen MR) is 112 cm³/mol. The molecular weight excluding hydrogens is 369 g/mol. The Kier molecular flexibility index (Phi) is 6.14. The molecule has 0 saturated carbocycles. The number of aryl methyl sites for hydroxylation is 1. The molecule has 1 aromatic heterocycles. The predicted octanol–water partition coefficient (Wildman–Crippen LogP) is 3.66. The van der Waals surface area contributed by atoms with Crippen LogP contribution in [0.3, 0.4) is 0 Å². The van der Waals surface area contributed by atoms with Crippen molar-refractivity contribution in [1.82, 2.24) is 15.3 Å². The summed E-state index contributed by atoms with van der Waals surface area (Å²) < 4.78 is 17.6. The van der Waals surface area contributed by atoms with Crippen molar-refractivity contribution in [1.29, 1.82) is 0 Å². The van der Waals surface area contributed by atoms with E-state index in [1.54, 1.807) is 6.20 Å². The Morgan fingerprint density at radius 3 is 2.45 bits per heavy atom. The van der Waals surface area contributed by atoms with Crippen LogP contribution in [0.1, 0.15) is 44.8 Å². The maximum atomic E-state index is 12.2. The molecule has 8 heteroatoms. The van der Waals surface area contributed by atoms with E-state index in [4.69, 9.17) is 14.0 Å². The van der Waals surface area contributed by atoms with Crippen LogP contribution in [0, 0.1) is 6.92 Å². The van der Waals surface area contributed by atoms with Gasteiger partial charge >= 0.3 is 13.2 Å². The van der Waals surface area contributed by atoms with Crippen molar-refractivity contribution in [3.63, 3.8) is 0 Å². The van der Waals surface area contributed by atoms with Gasteiger partial charge in [-0.15, -0.1) is 0 Å². The maximum Gasteiger partial charge on any atom is 0.492 e. The normalized spacial score (nSPS) is 18.0. The van der Waals surface area contributed by atoms with E-state index in [9.17, 15) is 4.79 Å². The molecule has 0 aliphatic carbocycles. The van der Waals surface area contributed by atoms with E-state index >= 15 is 0 Å². The number of benzene rings is 1. The van der Waals surface area contributed by atoms with Gasteiger partial charge in [-0.25, -0.2) is 9.78 Å². The molecule has 2 heterocycles. The molecule has 1 fully saturated rings. The van der Waals surface area contributed by atoms with Crippen molar-refractivity contribution in [3.05, 3.63) is 59.1 Å². The van der Waals surface area contributed by atoms with Gasteiger partial charge in [0.1, 0.15) is 12.4 Å². The zero-order valence-corrected chi connectivity index (χ0v) is 17.6. The first-order valence-corrected chi connectivity index (χ1v) is 9.68. The topological polar surface area (TPSA) is 85.5 Å². The van der Waals surface area contributed by atoms with E-state index in [0.717, 1.165) is 22.6 Å². The Morgan fingerprint density at radius 2 is 1.86 bits per heavy atom. The quantitative estimate of drug-likeness (QED) is 0.727. The number of nitrogens with zero attached hydrogens (tertiary/aromatic N) is 1. The first kappa shape index (κ1) is 21.1. The second-order valence-electron chi connectivity index (χ2n) is 8.15. The molecular formula is C21H28BN3O4. The van der Waals surface area contributed by atoms with Crippen molar-refractivity contribution in [2.75, 3.05) is 6.54 Å². The fraction of sp³-hybridized carbons (Fsp3) is 0.429. The molecule has 29 heavy (non-hydrogen) atoms. The van der Waals surface area contributed by atoms with E-state index < -0.39 is 24.4 Å². The lowest BCUT2D eigenvalue weighted by atomic mass is 9.77. The number of alkyl carbamates (subject to hydrolysis) is 1. The Balaban J connectivity index is 1.67. The molecule has 1 aliphatic rings. The molecule has 154 valence electrons. The molecule has 2 aromatic rings. The van der Waals surface area contributed by atoms with Gasteiger partial charge in [0, 0.05) is 6.54 Å². The largest absolute Gasteiger partial charge is 0.492 e. The lowest BCUT2D eigenvalue weighted by Crippen LogP contribution is -2.41. The summed E-state index contributed by atoms with van der Waals surface area (Å²) in [5.41, 5.74) is 1.55. The van der Waals surface area contributed by atoms with Crippen LogP contribution in [0.15, 0.2) is 42.0 Å². The number of ether oxygens (including phenoxy) is 1. The first-order valence-electron chi connectivity index (χ1n) is 9.68. The minimum atomic E-state index is -0.585. The van der Waals surface area contributed by atoms with Gasteiger partial charge in [-0.1, -0.05) is 30.3 Å². The van der Waals surface area contributed by atoms with E-state index in [1.807, 2.05) is 71.0 Å². The third-order valence-electron chi connectivity index (χ3n) is 5.27. The standard InChI is InChI=1S/C21H28BN3O4/c1-15-23-13-18(25-15)11-17(22-28-20(2,3)21(4,5)29-22)12-24-19(26)27-14-16-9-7-6-8-10-16/h6-11,13H,12,14H2,1-5H3,(H,23,25)(H,24,26). The van der Waals surface area contributed by atoms with Crippen LogP contribution >= 0.6 is 0 Å². The summed E-state index contributed by atoms with van der Waals surface area (Å²) in [6.45, 7) is 10.3. The molecule has 2 N–H and O–H groups in total. The van der Waals surface area contributed by atoms with Crippen LogP contribution in [0.5, 0.6) is 0 Å². The van der Waals surface area contributed by atoms with Gasteiger partial charge in [0.05, 0.1) is 23.1 Å². The highest BCUT2D eigenvalue weighted by Crippen LogP contribution is 2.38. The zero-order valence-electron chi connectivity index (χ0n) is 17.6. The van der Waals surface area contributed by atoms with Crippen molar-refractivity contribution in [2.45, 2.75) is 52.4 Å². The fourth-order valence-corrected chi connectivity index (χ4v) is 2.86. The minimum Gasteiger partial charge on any atom is -0.445 e. The Morgan fingerprint density at radius 1 is 1.21 bits per heavy atom. The van der Waals surface area contributed by atoms with E-state index in [0.29, 0.717) is 0 Å². The maximum absolute atomic E-state index is 12.2. The molecule has 0 unspecified atom stereocenters.